The van der Waals surface area contributed by atoms with Crippen LogP contribution in [0.15, 0.2) is 30.3 Å². The molecule has 0 unspecified atom stereocenters. The topological polar surface area (TPSA) is 58.6 Å². The van der Waals surface area contributed by atoms with Crippen LogP contribution < -0.4 is 9.64 Å². The summed E-state index contributed by atoms with van der Waals surface area (Å²) in [7, 11) is 0. The van der Waals surface area contributed by atoms with Crippen molar-refractivity contribution in [2.75, 3.05) is 31.1 Å². The fourth-order valence-corrected chi connectivity index (χ4v) is 3.13. The summed E-state index contributed by atoms with van der Waals surface area (Å²) in [6, 6.07) is 8.32. The second-order valence-electron chi connectivity index (χ2n) is 6.52. The van der Waals surface area contributed by atoms with Crippen LogP contribution in [0.1, 0.15) is 24.3 Å². The van der Waals surface area contributed by atoms with E-state index in [-0.39, 0.29) is 5.75 Å². The summed E-state index contributed by atoms with van der Waals surface area (Å²) in [4.78, 5) is 15.9. The molecule has 0 bridgehead atoms. The van der Waals surface area contributed by atoms with Gasteiger partial charge in [-0.1, -0.05) is 17.7 Å². The first kappa shape index (κ1) is 17.0. The van der Waals surface area contributed by atoms with Crippen LogP contribution in [0.5, 0.6) is 5.75 Å². The third-order valence-electron chi connectivity index (χ3n) is 4.68. The van der Waals surface area contributed by atoms with Crippen molar-refractivity contribution in [2.45, 2.75) is 18.8 Å². The molecular weight excluding hydrogens is 359 g/mol. The Morgan fingerprint density at radius 3 is 2.50 bits per heavy atom. The van der Waals surface area contributed by atoms with Crippen LogP contribution in [-0.4, -0.2) is 47.4 Å². The van der Waals surface area contributed by atoms with E-state index in [1.807, 2.05) is 11.0 Å². The zero-order valence-corrected chi connectivity index (χ0v) is 14.8. The van der Waals surface area contributed by atoms with E-state index in [1.54, 1.807) is 23.1 Å². The van der Waals surface area contributed by atoms with E-state index in [4.69, 9.17) is 16.3 Å². The van der Waals surface area contributed by atoms with Crippen LogP contribution in [0.25, 0.3) is 0 Å². The van der Waals surface area contributed by atoms with Gasteiger partial charge in [-0.15, -0.1) is 10.2 Å². The maximum Gasteiger partial charge on any atom is 0.415 e. The zero-order valence-electron chi connectivity index (χ0n) is 14.1. The molecule has 0 spiro atoms. The van der Waals surface area contributed by atoms with Crippen molar-refractivity contribution in [1.29, 1.82) is 0 Å². The highest BCUT2D eigenvalue weighted by molar-refractivity contribution is 6.29. The Morgan fingerprint density at radius 2 is 1.88 bits per heavy atom. The highest BCUT2D eigenvalue weighted by Crippen LogP contribution is 2.41. The molecule has 1 saturated carbocycles. The predicted octanol–water partition coefficient (Wildman–Crippen LogP) is 3.47. The van der Waals surface area contributed by atoms with Crippen LogP contribution in [0, 0.1) is 5.82 Å². The smallest absolute Gasteiger partial charge is 0.407 e. The Balaban J connectivity index is 1.34. The lowest BCUT2D eigenvalue weighted by Crippen LogP contribution is -2.50. The number of hydrogen-bond acceptors (Lipinski definition) is 5. The normalized spacial score (nSPS) is 17.3. The molecule has 1 amide bonds. The molecule has 1 aliphatic heterocycles. The van der Waals surface area contributed by atoms with E-state index in [0.717, 1.165) is 18.4 Å². The molecule has 1 aliphatic carbocycles. The van der Waals surface area contributed by atoms with Gasteiger partial charge >= 0.3 is 6.09 Å². The van der Waals surface area contributed by atoms with Crippen molar-refractivity contribution < 1.29 is 13.9 Å². The van der Waals surface area contributed by atoms with Gasteiger partial charge in [-0.3, -0.25) is 0 Å². The first-order valence-corrected chi connectivity index (χ1v) is 8.98. The minimum absolute atomic E-state index is 0.0228. The molecule has 1 aromatic heterocycles. The highest BCUT2D eigenvalue weighted by Gasteiger charge is 2.26. The van der Waals surface area contributed by atoms with Gasteiger partial charge in [0.1, 0.15) is 0 Å². The predicted molar refractivity (Wildman–Crippen MR) is 95.2 cm³/mol. The first-order valence-electron chi connectivity index (χ1n) is 8.60. The van der Waals surface area contributed by atoms with Gasteiger partial charge in [-0.05, 0) is 48.6 Å². The number of hydrogen-bond donors (Lipinski definition) is 0. The fourth-order valence-electron chi connectivity index (χ4n) is 3.02. The van der Waals surface area contributed by atoms with Crippen molar-refractivity contribution >= 4 is 23.5 Å². The third-order valence-corrected chi connectivity index (χ3v) is 4.88. The molecule has 2 aromatic rings. The summed E-state index contributed by atoms with van der Waals surface area (Å²) >= 11 is 5.74. The fraction of sp³-hybridized carbons (Fsp3) is 0.389. The number of rotatable bonds is 3. The Labute approximate surface area is 155 Å². The van der Waals surface area contributed by atoms with E-state index in [2.05, 4.69) is 10.2 Å². The number of amides is 1. The maximum atomic E-state index is 14.2. The Kier molecular flexibility index (Phi) is 4.63. The second-order valence-corrected chi connectivity index (χ2v) is 6.91. The van der Waals surface area contributed by atoms with Crippen LogP contribution in [0.2, 0.25) is 5.15 Å². The number of aromatic nitrogens is 2. The Bertz CT molecular complexity index is 805. The van der Waals surface area contributed by atoms with Gasteiger partial charge in [0.15, 0.2) is 22.5 Å². The van der Waals surface area contributed by atoms with Crippen molar-refractivity contribution in [3.05, 3.63) is 46.9 Å². The number of carbonyl (C=O) groups excluding carboxylic acids is 1. The van der Waals surface area contributed by atoms with Gasteiger partial charge in [0.05, 0.1) is 0 Å². The minimum atomic E-state index is -0.537. The number of anilines is 1. The van der Waals surface area contributed by atoms with Gasteiger partial charge in [-0.2, -0.15) is 0 Å². The molecule has 1 saturated heterocycles. The van der Waals surface area contributed by atoms with Gasteiger partial charge < -0.3 is 14.5 Å². The van der Waals surface area contributed by atoms with E-state index in [9.17, 15) is 9.18 Å². The largest absolute Gasteiger partial charge is 0.415 e. The summed E-state index contributed by atoms with van der Waals surface area (Å²) in [6.07, 6.45) is 1.66. The molecule has 26 heavy (non-hydrogen) atoms. The van der Waals surface area contributed by atoms with Crippen LogP contribution in [0.4, 0.5) is 15.0 Å². The quantitative estimate of drug-likeness (QED) is 0.821. The molecule has 8 heteroatoms. The lowest BCUT2D eigenvalue weighted by molar-refractivity contribution is 0.147. The molecule has 6 nitrogen and oxygen atoms in total. The average Bonchev–Trinajstić information content (AvgIpc) is 3.49. The average molecular weight is 377 g/mol. The molecule has 1 aromatic carbocycles. The summed E-state index contributed by atoms with van der Waals surface area (Å²) in [5.74, 6) is 0.658. The van der Waals surface area contributed by atoms with Crippen LogP contribution in [-0.2, 0) is 0 Å². The molecule has 136 valence electrons. The monoisotopic (exact) mass is 376 g/mol. The van der Waals surface area contributed by atoms with E-state index >= 15 is 0 Å². The van der Waals surface area contributed by atoms with Crippen molar-refractivity contribution in [2.24, 2.45) is 0 Å². The molecule has 2 heterocycles. The number of piperazine rings is 1. The number of ether oxygens (including phenoxy) is 1. The van der Waals surface area contributed by atoms with E-state index < -0.39 is 11.9 Å². The molecule has 0 N–H and O–H groups in total. The van der Waals surface area contributed by atoms with Gasteiger partial charge in [-0.25, -0.2) is 9.18 Å². The van der Waals surface area contributed by atoms with E-state index in [0.29, 0.717) is 43.1 Å². The van der Waals surface area contributed by atoms with Gasteiger partial charge in [0.2, 0.25) is 0 Å². The summed E-state index contributed by atoms with van der Waals surface area (Å²) in [5.41, 5.74) is 0.972. The summed E-state index contributed by atoms with van der Waals surface area (Å²) in [6.45, 7) is 2.11. The van der Waals surface area contributed by atoms with Crippen LogP contribution >= 0.6 is 11.6 Å². The first-order chi connectivity index (χ1) is 12.6. The Hall–Kier alpha value is -2.41. The summed E-state index contributed by atoms with van der Waals surface area (Å²) in [5, 5.41) is 8.20. The number of benzene rings is 1. The van der Waals surface area contributed by atoms with Crippen molar-refractivity contribution in [3.63, 3.8) is 0 Å². The molecule has 0 atom stereocenters. The van der Waals surface area contributed by atoms with Gasteiger partial charge in [0.25, 0.3) is 0 Å². The lowest BCUT2D eigenvalue weighted by Gasteiger charge is -2.34. The standard InChI is InChI=1S/C18H18ClFN4O2/c19-16-5-6-17(22-21-16)23-7-9-24(10-8-23)18(25)26-15-4-3-13(11-14(15)20)12-1-2-12/h3-6,11-12H,1-2,7-10H2. The number of carbonyl (C=O) groups is 1. The lowest BCUT2D eigenvalue weighted by atomic mass is 10.1. The molecule has 4 rings (SSSR count). The minimum Gasteiger partial charge on any atom is -0.407 e. The van der Waals surface area contributed by atoms with Crippen LogP contribution in [0.3, 0.4) is 0 Å². The molecule has 2 aliphatic rings. The third kappa shape index (κ3) is 3.72. The van der Waals surface area contributed by atoms with E-state index in [1.165, 1.54) is 6.07 Å². The number of nitrogens with zero attached hydrogens (tertiary/aromatic N) is 4. The zero-order chi connectivity index (χ0) is 18.1. The van der Waals surface area contributed by atoms with Crippen molar-refractivity contribution in [3.8, 4) is 5.75 Å². The molecule has 0 radical (unpaired) electrons. The second kappa shape index (κ2) is 7.07. The maximum absolute atomic E-state index is 14.2. The molecular formula is C18H18ClFN4O2. The molecule has 2 fully saturated rings. The summed E-state index contributed by atoms with van der Waals surface area (Å²) < 4.78 is 19.4. The number of halogens is 2. The highest BCUT2D eigenvalue weighted by atomic mass is 35.5. The van der Waals surface area contributed by atoms with Gasteiger partial charge in [0, 0.05) is 26.2 Å². The Morgan fingerprint density at radius 1 is 1.12 bits per heavy atom. The van der Waals surface area contributed by atoms with Crippen molar-refractivity contribution in [1.82, 2.24) is 15.1 Å². The SMILES string of the molecule is O=C(Oc1ccc(C2CC2)cc1F)N1CCN(c2ccc(Cl)nn2)CC1.